The third-order valence-electron chi connectivity index (χ3n) is 4.14. The smallest absolute Gasteiger partial charge is 0.0596 e. The van der Waals surface area contributed by atoms with Gasteiger partial charge in [-0.05, 0) is 37.5 Å². The molecule has 1 aliphatic carbocycles. The van der Waals surface area contributed by atoms with Gasteiger partial charge in [-0.2, -0.15) is 5.10 Å². The summed E-state index contributed by atoms with van der Waals surface area (Å²) in [4.78, 5) is 0. The van der Waals surface area contributed by atoms with Crippen LogP contribution < -0.4 is 5.73 Å². The molecule has 0 radical (unpaired) electrons. The second-order valence-electron chi connectivity index (χ2n) is 5.47. The molecule has 1 aromatic carbocycles. The summed E-state index contributed by atoms with van der Waals surface area (Å²) in [5, 5.41) is 4.49. The first-order chi connectivity index (χ1) is 9.19. The maximum Gasteiger partial charge on any atom is 0.0596 e. The van der Waals surface area contributed by atoms with Gasteiger partial charge in [-0.25, -0.2) is 0 Å². The van der Waals surface area contributed by atoms with Gasteiger partial charge in [0, 0.05) is 30.6 Å². The Labute approximate surface area is 114 Å². The molecule has 0 aliphatic heterocycles. The molecule has 1 aliphatic rings. The second-order valence-corrected chi connectivity index (χ2v) is 5.47. The van der Waals surface area contributed by atoms with Crippen molar-refractivity contribution in [3.63, 3.8) is 0 Å². The minimum atomic E-state index is 0.191. The standard InChI is InChI=1S/C16H21N3/c1-3-19-13(8-11(2)18-19)10-16(17)15-9-12-6-4-5-7-14(12)15/h4-8,15-16H,3,9-10,17H2,1-2H3. The van der Waals surface area contributed by atoms with Gasteiger partial charge < -0.3 is 5.73 Å². The molecule has 0 saturated heterocycles. The van der Waals surface area contributed by atoms with E-state index in [2.05, 4.69) is 47.0 Å². The molecule has 3 nitrogen and oxygen atoms in total. The second kappa shape index (κ2) is 4.82. The molecular weight excluding hydrogens is 234 g/mol. The number of benzene rings is 1. The van der Waals surface area contributed by atoms with Crippen LogP contribution in [0.3, 0.4) is 0 Å². The molecule has 2 aromatic rings. The van der Waals surface area contributed by atoms with Crippen molar-refractivity contribution < 1.29 is 0 Å². The predicted molar refractivity (Wildman–Crippen MR) is 77.2 cm³/mol. The van der Waals surface area contributed by atoms with Crippen LogP contribution in [0, 0.1) is 6.92 Å². The molecule has 2 N–H and O–H groups in total. The SMILES string of the molecule is CCn1nc(C)cc1CC(N)C1Cc2ccccc21. The van der Waals surface area contributed by atoms with Crippen LogP contribution in [-0.4, -0.2) is 15.8 Å². The van der Waals surface area contributed by atoms with E-state index in [-0.39, 0.29) is 6.04 Å². The molecule has 2 atom stereocenters. The Morgan fingerprint density at radius 2 is 2.21 bits per heavy atom. The Hall–Kier alpha value is -1.61. The molecule has 1 heterocycles. The summed E-state index contributed by atoms with van der Waals surface area (Å²) < 4.78 is 2.07. The predicted octanol–water partition coefficient (Wildman–Crippen LogP) is 2.42. The van der Waals surface area contributed by atoms with Gasteiger partial charge in [0.15, 0.2) is 0 Å². The minimum absolute atomic E-state index is 0.191. The van der Waals surface area contributed by atoms with Gasteiger partial charge in [0.1, 0.15) is 0 Å². The third kappa shape index (κ3) is 2.19. The van der Waals surface area contributed by atoms with E-state index in [1.54, 1.807) is 0 Å². The number of nitrogens with zero attached hydrogens (tertiary/aromatic N) is 2. The molecule has 0 bridgehead atoms. The fourth-order valence-corrected chi connectivity index (χ4v) is 3.10. The number of aryl methyl sites for hydroxylation is 2. The van der Waals surface area contributed by atoms with Crippen LogP contribution in [0.5, 0.6) is 0 Å². The fraction of sp³-hybridized carbons (Fsp3) is 0.438. The molecule has 0 spiro atoms. The van der Waals surface area contributed by atoms with Gasteiger partial charge in [0.2, 0.25) is 0 Å². The first kappa shape index (κ1) is 12.4. The van der Waals surface area contributed by atoms with E-state index in [1.165, 1.54) is 16.8 Å². The van der Waals surface area contributed by atoms with Gasteiger partial charge >= 0.3 is 0 Å². The summed E-state index contributed by atoms with van der Waals surface area (Å²) in [6.07, 6.45) is 2.03. The van der Waals surface area contributed by atoms with E-state index in [4.69, 9.17) is 5.73 Å². The summed E-state index contributed by atoms with van der Waals surface area (Å²) in [5.74, 6) is 0.511. The van der Waals surface area contributed by atoms with E-state index in [9.17, 15) is 0 Å². The topological polar surface area (TPSA) is 43.8 Å². The molecule has 0 saturated carbocycles. The number of hydrogen-bond donors (Lipinski definition) is 1. The average Bonchev–Trinajstić information content (AvgIpc) is 2.71. The Balaban J connectivity index is 1.74. The summed E-state index contributed by atoms with van der Waals surface area (Å²) in [5.41, 5.74) is 11.7. The molecule has 3 heteroatoms. The van der Waals surface area contributed by atoms with Crippen LogP contribution in [0.2, 0.25) is 0 Å². The van der Waals surface area contributed by atoms with Gasteiger partial charge in [0.25, 0.3) is 0 Å². The van der Waals surface area contributed by atoms with Crippen molar-refractivity contribution in [1.82, 2.24) is 9.78 Å². The lowest BCUT2D eigenvalue weighted by Crippen LogP contribution is -2.37. The van der Waals surface area contributed by atoms with E-state index >= 15 is 0 Å². The monoisotopic (exact) mass is 255 g/mol. The molecule has 19 heavy (non-hydrogen) atoms. The van der Waals surface area contributed by atoms with Crippen LogP contribution in [0.1, 0.15) is 35.4 Å². The number of nitrogens with two attached hydrogens (primary N) is 1. The fourth-order valence-electron chi connectivity index (χ4n) is 3.10. The van der Waals surface area contributed by atoms with Gasteiger partial charge in [0.05, 0.1) is 5.69 Å². The van der Waals surface area contributed by atoms with E-state index in [0.29, 0.717) is 5.92 Å². The maximum absolute atomic E-state index is 6.42. The summed E-state index contributed by atoms with van der Waals surface area (Å²) in [7, 11) is 0. The summed E-state index contributed by atoms with van der Waals surface area (Å²) >= 11 is 0. The molecule has 100 valence electrons. The van der Waals surface area contributed by atoms with Crippen molar-refractivity contribution in [1.29, 1.82) is 0 Å². The highest BCUT2D eigenvalue weighted by molar-refractivity contribution is 5.41. The lowest BCUT2D eigenvalue weighted by molar-refractivity contribution is 0.464. The largest absolute Gasteiger partial charge is 0.327 e. The molecule has 0 fully saturated rings. The van der Waals surface area contributed by atoms with Gasteiger partial charge in [-0.15, -0.1) is 0 Å². The molecule has 1 aromatic heterocycles. The van der Waals surface area contributed by atoms with Gasteiger partial charge in [-0.3, -0.25) is 4.68 Å². The Morgan fingerprint density at radius 1 is 1.42 bits per heavy atom. The van der Waals surface area contributed by atoms with E-state index in [1.807, 2.05) is 6.92 Å². The average molecular weight is 255 g/mol. The van der Waals surface area contributed by atoms with Crippen LogP contribution in [0.25, 0.3) is 0 Å². The zero-order chi connectivity index (χ0) is 13.4. The zero-order valence-electron chi connectivity index (χ0n) is 11.6. The van der Waals surface area contributed by atoms with Crippen molar-refractivity contribution in [2.24, 2.45) is 5.73 Å². The number of hydrogen-bond acceptors (Lipinski definition) is 2. The van der Waals surface area contributed by atoms with Crippen molar-refractivity contribution in [2.45, 2.75) is 45.2 Å². The maximum atomic E-state index is 6.42. The zero-order valence-corrected chi connectivity index (χ0v) is 11.6. The third-order valence-corrected chi connectivity index (χ3v) is 4.14. The first-order valence-electron chi connectivity index (χ1n) is 7.05. The lowest BCUT2D eigenvalue weighted by Gasteiger charge is -2.34. The van der Waals surface area contributed by atoms with Crippen molar-refractivity contribution >= 4 is 0 Å². The summed E-state index contributed by atoms with van der Waals surface area (Å²) in [6, 6.07) is 11.0. The first-order valence-corrected chi connectivity index (χ1v) is 7.05. The molecular formula is C16H21N3. The Kier molecular flexibility index (Phi) is 3.15. The van der Waals surface area contributed by atoms with E-state index in [0.717, 1.165) is 25.1 Å². The molecule has 2 unspecified atom stereocenters. The minimum Gasteiger partial charge on any atom is -0.327 e. The van der Waals surface area contributed by atoms with Crippen molar-refractivity contribution in [3.05, 3.63) is 52.8 Å². The number of rotatable bonds is 4. The van der Waals surface area contributed by atoms with Gasteiger partial charge in [-0.1, -0.05) is 24.3 Å². The normalized spacial score (nSPS) is 18.8. The molecule has 3 rings (SSSR count). The highest BCUT2D eigenvalue weighted by Gasteiger charge is 2.31. The van der Waals surface area contributed by atoms with Crippen molar-refractivity contribution in [3.8, 4) is 0 Å². The van der Waals surface area contributed by atoms with Crippen LogP contribution in [0.4, 0.5) is 0 Å². The Bertz CT molecular complexity index is 585. The summed E-state index contributed by atoms with van der Waals surface area (Å²) in [6.45, 7) is 5.08. The Morgan fingerprint density at radius 3 is 2.95 bits per heavy atom. The van der Waals surface area contributed by atoms with Crippen LogP contribution in [0.15, 0.2) is 30.3 Å². The van der Waals surface area contributed by atoms with Crippen LogP contribution >= 0.6 is 0 Å². The highest BCUT2D eigenvalue weighted by atomic mass is 15.3. The van der Waals surface area contributed by atoms with E-state index < -0.39 is 0 Å². The van der Waals surface area contributed by atoms with Crippen molar-refractivity contribution in [2.75, 3.05) is 0 Å². The van der Waals surface area contributed by atoms with Crippen LogP contribution in [-0.2, 0) is 19.4 Å². The molecule has 0 amide bonds. The highest BCUT2D eigenvalue weighted by Crippen LogP contribution is 2.37. The number of fused-ring (bicyclic) bond motifs is 1. The quantitative estimate of drug-likeness (QED) is 0.912. The number of aromatic nitrogens is 2. The lowest BCUT2D eigenvalue weighted by atomic mass is 9.73.